The van der Waals surface area contributed by atoms with E-state index in [0.29, 0.717) is 100 Å². The third kappa shape index (κ3) is 12.5. The molecule has 3 heterocycles. The second-order valence-electron chi connectivity index (χ2n) is 38.3. The summed E-state index contributed by atoms with van der Waals surface area (Å²) in [6, 6.07) is 98.1. The maximum atomic E-state index is 9.52. The normalized spacial score (nSPS) is 15.4. The smallest absolute Gasteiger partial charge is 0.136 e. The lowest BCUT2D eigenvalue weighted by atomic mass is 9.81. The van der Waals surface area contributed by atoms with Gasteiger partial charge in [-0.05, 0) is 314 Å². The molecule has 0 fully saturated rings. The molecule has 0 N–H and O–H groups in total. The standard InChI is InChI=1S/C51H34O.C45H30O.C44H26O/c1-51(2)43-23-10-9-21-41(43)49-36(22-12-24-44(49)51)32-14-11-15-33(29-32)47-37-17-5-7-19-39(37)48(40-20-8-6-18-38(40)47)34-26-27-45-42(30-34)50-35-16-4-3-13-31(35)25-28-46(50)52-45;1-45(2)38-18-10-9-13-31(38)36-25-28(19-22-39(36)45)42-32-14-5-7-16-34(32)43(35-17-8-6-15-33(35)42)29-21-23-40-37(26-29)44-30-12-4-3-11-27(30)20-24-41(44)46-40;1-4-14-31-27(11-1)21-24-41-44(31)39-26-29(22-23-40(39)45-41)42-34-17-7-9-19-36(34)43(37-20-10-8-18-35(37)42)38-25-28-12-2-3-13-30(28)32-15-5-6-16-33(32)38/h3-30H,1-2H3;3-26H,1-2H3;1-26H/i5D,6D,7D,8D,17D,18D,19D,20D;5D,6D,7D,8D,14D,15D,16D,17D;7D,8D,9D,10D,17D,18D,19D,20D. The van der Waals surface area contributed by atoms with E-state index in [1.54, 1.807) is 18.2 Å². The van der Waals surface area contributed by atoms with Crippen molar-refractivity contribution >= 4 is 184 Å². The third-order valence-corrected chi connectivity index (χ3v) is 30.0. The van der Waals surface area contributed by atoms with E-state index in [1.165, 1.54) is 16.7 Å². The monoisotopic (exact) mass is 1840 g/mol. The van der Waals surface area contributed by atoms with Gasteiger partial charge in [-0.25, -0.2) is 0 Å². The molecule has 3 nitrogen and oxygen atoms in total. The van der Waals surface area contributed by atoms with Gasteiger partial charge in [0, 0.05) is 43.1 Å². The van der Waals surface area contributed by atoms with E-state index < -0.39 is 72.5 Å². The van der Waals surface area contributed by atoms with Gasteiger partial charge in [-0.15, -0.1) is 0 Å². The van der Waals surface area contributed by atoms with Crippen LogP contribution in [0, 0.1) is 0 Å². The molecule has 3 heteroatoms. The molecule has 0 radical (unpaired) electrons. The summed E-state index contributed by atoms with van der Waals surface area (Å²) >= 11 is 0. The first-order valence-corrected chi connectivity index (χ1v) is 47.8. The number of furan rings is 3. The van der Waals surface area contributed by atoms with E-state index in [9.17, 15) is 16.4 Å². The van der Waals surface area contributed by atoms with Gasteiger partial charge in [0.2, 0.25) is 0 Å². The van der Waals surface area contributed by atoms with Crippen LogP contribution >= 0.6 is 0 Å². The lowest BCUT2D eigenvalue weighted by Gasteiger charge is -2.22. The van der Waals surface area contributed by atoms with Crippen LogP contribution in [0.4, 0.5) is 0 Å². The Morgan fingerprint density at radius 3 is 0.888 bits per heavy atom. The highest BCUT2D eigenvalue weighted by Gasteiger charge is 2.39. The molecule has 29 aromatic rings. The molecule has 143 heavy (non-hydrogen) atoms. The number of rotatable bonds is 7. The fourth-order valence-electron chi connectivity index (χ4n) is 23.7. The van der Waals surface area contributed by atoms with Crippen LogP contribution < -0.4 is 0 Å². The van der Waals surface area contributed by atoms with Crippen LogP contribution in [-0.4, -0.2) is 0 Å². The molecule has 0 aliphatic heterocycles. The second kappa shape index (κ2) is 31.8. The molecule has 0 saturated heterocycles. The fourth-order valence-corrected chi connectivity index (χ4v) is 23.7. The number of benzene rings is 26. The van der Waals surface area contributed by atoms with Crippen LogP contribution in [0.25, 0.3) is 284 Å². The first-order chi connectivity index (χ1) is 80.4. The van der Waals surface area contributed by atoms with Crippen molar-refractivity contribution in [2.75, 3.05) is 0 Å². The zero-order chi connectivity index (χ0) is 115. The molecule has 0 spiro atoms. The van der Waals surface area contributed by atoms with Gasteiger partial charge in [0.15, 0.2) is 0 Å². The minimum absolute atomic E-state index is 0.173. The Hall–Kier alpha value is -18.0. The summed E-state index contributed by atoms with van der Waals surface area (Å²) in [4.78, 5) is 0. The van der Waals surface area contributed by atoms with Crippen LogP contribution in [0.15, 0.2) is 486 Å². The lowest BCUT2D eigenvalue weighted by Crippen LogP contribution is -2.14. The van der Waals surface area contributed by atoms with Gasteiger partial charge in [-0.1, -0.05) is 428 Å². The van der Waals surface area contributed by atoms with Gasteiger partial charge in [0.25, 0.3) is 0 Å². The number of fused-ring (bicyclic) bond motifs is 30. The van der Waals surface area contributed by atoms with Gasteiger partial charge >= 0.3 is 0 Å². The van der Waals surface area contributed by atoms with Crippen LogP contribution in [0.3, 0.4) is 0 Å². The zero-order valence-electron chi connectivity index (χ0n) is 101. The third-order valence-electron chi connectivity index (χ3n) is 30.0. The van der Waals surface area contributed by atoms with Crippen molar-refractivity contribution in [3.8, 4) is 100 Å². The average molecular weight is 1840 g/mol. The van der Waals surface area contributed by atoms with Crippen molar-refractivity contribution < 1.29 is 46.1 Å². The Bertz CT molecular complexity index is 11900. The van der Waals surface area contributed by atoms with E-state index in [4.69, 9.17) is 29.7 Å². The molecular formula is C140H90O3. The number of hydrogen-bond donors (Lipinski definition) is 0. The van der Waals surface area contributed by atoms with Gasteiger partial charge in [-0.3, -0.25) is 0 Å². The zero-order valence-corrected chi connectivity index (χ0v) is 77.4. The molecule has 2 aliphatic carbocycles. The van der Waals surface area contributed by atoms with E-state index in [-0.39, 0.29) is 148 Å². The first kappa shape index (κ1) is 61.3. The van der Waals surface area contributed by atoms with Crippen LogP contribution in [0.2, 0.25) is 0 Å². The molecule has 31 rings (SSSR count). The fraction of sp³-hybridized carbons (Fsp3) is 0.0429. The van der Waals surface area contributed by atoms with Crippen molar-refractivity contribution in [2.24, 2.45) is 0 Å². The molecule has 0 unspecified atom stereocenters. The van der Waals surface area contributed by atoms with E-state index in [1.807, 2.05) is 261 Å². The quantitative estimate of drug-likeness (QED) is 0.118. The van der Waals surface area contributed by atoms with Crippen molar-refractivity contribution in [3.05, 3.63) is 495 Å². The minimum atomic E-state index is -0.435. The Labute approximate surface area is 859 Å². The first-order valence-electron chi connectivity index (χ1n) is 59.8. The topological polar surface area (TPSA) is 39.4 Å². The largest absolute Gasteiger partial charge is 0.456 e. The summed E-state index contributed by atoms with van der Waals surface area (Å²) in [6.07, 6.45) is 0. The minimum Gasteiger partial charge on any atom is -0.456 e. The molecule has 26 aromatic carbocycles. The van der Waals surface area contributed by atoms with Gasteiger partial charge < -0.3 is 13.3 Å². The molecule has 3 aromatic heterocycles. The summed E-state index contributed by atoms with van der Waals surface area (Å²) < 4.78 is 239. The van der Waals surface area contributed by atoms with Crippen molar-refractivity contribution in [3.63, 3.8) is 0 Å². The summed E-state index contributed by atoms with van der Waals surface area (Å²) in [5.41, 5.74) is 19.6. The van der Waals surface area contributed by atoms with Crippen LogP contribution in [-0.2, 0) is 10.8 Å². The van der Waals surface area contributed by atoms with E-state index >= 15 is 0 Å². The highest BCUT2D eigenvalue weighted by Crippen LogP contribution is 2.57. The molecule has 0 amide bonds. The van der Waals surface area contributed by atoms with Crippen molar-refractivity contribution in [1.29, 1.82) is 0 Å². The predicted octanol–water partition coefficient (Wildman–Crippen LogP) is 39.7. The highest BCUT2D eigenvalue weighted by atomic mass is 16.3. The van der Waals surface area contributed by atoms with Crippen LogP contribution in [0.5, 0.6) is 0 Å². The highest BCUT2D eigenvalue weighted by molar-refractivity contribution is 6.30. The van der Waals surface area contributed by atoms with Crippen LogP contribution in [0.1, 0.15) is 82.8 Å². The van der Waals surface area contributed by atoms with E-state index in [2.05, 4.69) is 76.2 Å². The summed E-state index contributed by atoms with van der Waals surface area (Å²) in [6.45, 7) is 8.81. The molecule has 2 aliphatic rings. The van der Waals surface area contributed by atoms with Gasteiger partial charge in [0.1, 0.15) is 33.5 Å². The lowest BCUT2D eigenvalue weighted by molar-refractivity contribution is 0.660. The predicted molar refractivity (Wildman–Crippen MR) is 607 cm³/mol. The average Bonchev–Trinajstić information content (AvgIpc) is 1.68. The molecular weight excluding hydrogens is 1730 g/mol. The Morgan fingerprint density at radius 2 is 0.455 bits per heavy atom. The molecule has 0 atom stereocenters. The molecule has 0 bridgehead atoms. The summed E-state index contributed by atoms with van der Waals surface area (Å²) in [5.74, 6) is 0. The van der Waals surface area contributed by atoms with Gasteiger partial charge in [-0.2, -0.15) is 0 Å². The van der Waals surface area contributed by atoms with E-state index in [0.717, 1.165) is 125 Å². The maximum absolute atomic E-state index is 9.52. The Balaban J connectivity index is 0.000000114. The maximum Gasteiger partial charge on any atom is 0.136 e. The van der Waals surface area contributed by atoms with Gasteiger partial charge in [0.05, 0.1) is 32.9 Å². The summed E-state index contributed by atoms with van der Waals surface area (Å²) in [7, 11) is 0. The number of hydrogen-bond acceptors (Lipinski definition) is 3. The van der Waals surface area contributed by atoms with Crippen molar-refractivity contribution in [1.82, 2.24) is 0 Å². The summed E-state index contributed by atoms with van der Waals surface area (Å²) in [5, 5.41) is 16.8. The van der Waals surface area contributed by atoms with Crippen molar-refractivity contribution in [2.45, 2.75) is 38.5 Å². The molecule has 668 valence electrons. The Kier molecular flexibility index (Phi) is 13.6. The molecule has 0 saturated carbocycles. The second-order valence-corrected chi connectivity index (χ2v) is 38.3. The Morgan fingerprint density at radius 1 is 0.161 bits per heavy atom. The SMILES string of the molecule is [2H]c1c([2H])c([2H])c2c(-c3cc4ccccc4c4ccccc34)c3c([2H])c([2H])c([2H])c([2H])c3c(-c3ccc4oc5ccc6ccccc6c5c4c3)c2c1[2H].[2H]c1c([2H])c([2H])c2c(-c3ccc4oc5ccc6ccccc6c5c4c3)c3c([2H])c([2H])c([2H])c([2H])c3c(-c3ccc4c(c3)-c3ccccc3C4(C)C)c2c1[2H].[2H]c1c([2H])c([2H])c2c(-c3ccc4oc5ccc6ccccc6c5c4c3)c3c([2H])c([2H])c([2H])c([2H])c3c(-c3cccc(-c4cccc5c4-c4ccccc4C5(C)C)c3)c2c1[2H].